The van der Waals surface area contributed by atoms with Crippen LogP contribution < -0.4 is 5.73 Å². The highest BCUT2D eigenvalue weighted by Gasteiger charge is 2.18. The van der Waals surface area contributed by atoms with E-state index < -0.39 is 0 Å². The van der Waals surface area contributed by atoms with Crippen LogP contribution in [0.5, 0.6) is 0 Å². The van der Waals surface area contributed by atoms with Crippen LogP contribution in [0.15, 0.2) is 12.1 Å². The summed E-state index contributed by atoms with van der Waals surface area (Å²) < 4.78 is 0. The molecule has 1 aromatic carbocycles. The third-order valence-corrected chi connectivity index (χ3v) is 2.70. The van der Waals surface area contributed by atoms with Gasteiger partial charge in [0.1, 0.15) is 0 Å². The Kier molecular flexibility index (Phi) is 2.00. The van der Waals surface area contributed by atoms with Crippen LogP contribution in [0.1, 0.15) is 28.8 Å². The molecule has 68 valence electrons. The normalized spacial score (nSPS) is 15.6. The van der Waals surface area contributed by atoms with Crippen molar-refractivity contribution < 1.29 is 4.79 Å². The molecule has 0 amide bonds. The number of nitrogens with two attached hydrogens (primary N) is 1. The maximum atomic E-state index is 11.4. The Balaban J connectivity index is 2.58. The van der Waals surface area contributed by atoms with Gasteiger partial charge in [-0.05, 0) is 30.5 Å². The Hall–Kier alpha value is -1.02. The summed E-state index contributed by atoms with van der Waals surface area (Å²) in [6.07, 6.45) is 2.49. The van der Waals surface area contributed by atoms with Gasteiger partial charge in [0.05, 0.1) is 10.7 Å². The van der Waals surface area contributed by atoms with Crippen molar-refractivity contribution in [3.63, 3.8) is 0 Å². The van der Waals surface area contributed by atoms with Crippen molar-refractivity contribution in [2.45, 2.75) is 19.3 Å². The van der Waals surface area contributed by atoms with E-state index in [0.717, 1.165) is 24.0 Å². The van der Waals surface area contributed by atoms with Crippen LogP contribution in [0.25, 0.3) is 0 Å². The van der Waals surface area contributed by atoms with Crippen molar-refractivity contribution in [1.82, 2.24) is 0 Å². The molecule has 2 N–H and O–H groups in total. The number of hydrogen-bond acceptors (Lipinski definition) is 2. The van der Waals surface area contributed by atoms with Gasteiger partial charge in [0.25, 0.3) is 0 Å². The number of benzene rings is 1. The molecule has 1 aromatic rings. The number of fused-ring (bicyclic) bond motifs is 1. The summed E-state index contributed by atoms with van der Waals surface area (Å²) in [7, 11) is 0. The smallest absolute Gasteiger partial charge is 0.163 e. The molecule has 0 saturated heterocycles. The van der Waals surface area contributed by atoms with E-state index in [4.69, 9.17) is 17.3 Å². The fourth-order valence-electron chi connectivity index (χ4n) is 1.68. The van der Waals surface area contributed by atoms with E-state index in [1.165, 1.54) is 0 Å². The van der Waals surface area contributed by atoms with E-state index >= 15 is 0 Å². The molecule has 0 aromatic heterocycles. The minimum atomic E-state index is 0.183. The summed E-state index contributed by atoms with van der Waals surface area (Å²) in [4.78, 5) is 11.4. The zero-order valence-electron chi connectivity index (χ0n) is 7.14. The van der Waals surface area contributed by atoms with E-state index in [9.17, 15) is 4.79 Å². The first-order chi connectivity index (χ1) is 6.18. The topological polar surface area (TPSA) is 43.1 Å². The molecule has 0 atom stereocenters. The standard InChI is InChI=1S/C10H10ClNO/c11-8-5-7-6(4-9(8)12)2-1-3-10(7)13/h4-5H,1-3,12H2. The molecule has 0 spiro atoms. The molecule has 0 radical (unpaired) electrons. The van der Waals surface area contributed by atoms with Crippen LogP contribution in [0.3, 0.4) is 0 Å². The van der Waals surface area contributed by atoms with E-state index in [1.54, 1.807) is 6.07 Å². The number of ketones is 1. The molecule has 13 heavy (non-hydrogen) atoms. The number of nitrogen functional groups attached to an aromatic ring is 1. The summed E-state index contributed by atoms with van der Waals surface area (Å²) in [6.45, 7) is 0. The number of aryl methyl sites for hydroxylation is 1. The number of Topliss-reactive ketones (excluding diaryl/α,β-unsaturated/α-hetero) is 1. The van der Waals surface area contributed by atoms with Gasteiger partial charge in [-0.1, -0.05) is 11.6 Å². The second-order valence-corrected chi connectivity index (χ2v) is 3.71. The van der Waals surface area contributed by atoms with Crippen molar-refractivity contribution in [2.24, 2.45) is 0 Å². The van der Waals surface area contributed by atoms with E-state index in [2.05, 4.69) is 0 Å². The summed E-state index contributed by atoms with van der Waals surface area (Å²) in [5.74, 6) is 0.183. The largest absolute Gasteiger partial charge is 0.398 e. The van der Waals surface area contributed by atoms with E-state index in [-0.39, 0.29) is 5.78 Å². The number of anilines is 1. The van der Waals surface area contributed by atoms with Gasteiger partial charge in [-0.25, -0.2) is 0 Å². The maximum absolute atomic E-state index is 11.4. The summed E-state index contributed by atoms with van der Waals surface area (Å²) in [5.41, 5.74) is 8.01. The zero-order chi connectivity index (χ0) is 9.42. The van der Waals surface area contributed by atoms with Gasteiger partial charge in [0, 0.05) is 12.0 Å². The van der Waals surface area contributed by atoms with Crippen LogP contribution in [-0.2, 0) is 6.42 Å². The van der Waals surface area contributed by atoms with Crippen molar-refractivity contribution in [3.8, 4) is 0 Å². The molecule has 0 fully saturated rings. The Morgan fingerprint density at radius 1 is 1.31 bits per heavy atom. The highest BCUT2D eigenvalue weighted by molar-refractivity contribution is 6.33. The lowest BCUT2D eigenvalue weighted by Crippen LogP contribution is -2.11. The SMILES string of the molecule is Nc1cc2c(cc1Cl)C(=O)CCC2. The molecular formula is C10H10ClNO. The summed E-state index contributed by atoms with van der Waals surface area (Å²) >= 11 is 5.83. The molecule has 0 saturated carbocycles. The molecule has 0 bridgehead atoms. The maximum Gasteiger partial charge on any atom is 0.163 e. The van der Waals surface area contributed by atoms with Crippen LogP contribution in [0, 0.1) is 0 Å². The average Bonchev–Trinajstić information content (AvgIpc) is 2.09. The summed E-state index contributed by atoms with van der Waals surface area (Å²) in [6, 6.07) is 3.50. The van der Waals surface area contributed by atoms with E-state index in [1.807, 2.05) is 6.07 Å². The van der Waals surface area contributed by atoms with Gasteiger partial charge in [-0.2, -0.15) is 0 Å². The molecule has 2 nitrogen and oxygen atoms in total. The van der Waals surface area contributed by atoms with Gasteiger partial charge in [-0.3, -0.25) is 4.79 Å². The molecule has 3 heteroatoms. The van der Waals surface area contributed by atoms with Crippen molar-refractivity contribution in [2.75, 3.05) is 5.73 Å². The fourth-order valence-corrected chi connectivity index (χ4v) is 1.84. The van der Waals surface area contributed by atoms with Crippen molar-refractivity contribution in [3.05, 3.63) is 28.3 Å². The third-order valence-electron chi connectivity index (χ3n) is 2.37. The minimum Gasteiger partial charge on any atom is -0.398 e. The van der Waals surface area contributed by atoms with Gasteiger partial charge >= 0.3 is 0 Å². The number of halogens is 1. The van der Waals surface area contributed by atoms with Crippen molar-refractivity contribution >= 4 is 23.1 Å². The van der Waals surface area contributed by atoms with Crippen LogP contribution in [-0.4, -0.2) is 5.78 Å². The predicted molar refractivity (Wildman–Crippen MR) is 53.1 cm³/mol. The first kappa shape index (κ1) is 8.57. The molecule has 0 aliphatic heterocycles. The second-order valence-electron chi connectivity index (χ2n) is 3.31. The van der Waals surface area contributed by atoms with Gasteiger partial charge in [0.2, 0.25) is 0 Å². The second kappa shape index (κ2) is 3.04. The lowest BCUT2D eigenvalue weighted by atomic mass is 9.90. The lowest BCUT2D eigenvalue weighted by Gasteiger charge is -2.15. The highest BCUT2D eigenvalue weighted by Crippen LogP contribution is 2.28. The number of rotatable bonds is 0. The molecule has 1 aliphatic rings. The van der Waals surface area contributed by atoms with Gasteiger partial charge in [0.15, 0.2) is 5.78 Å². The monoisotopic (exact) mass is 195 g/mol. The van der Waals surface area contributed by atoms with E-state index in [0.29, 0.717) is 17.1 Å². The van der Waals surface area contributed by atoms with Crippen LogP contribution >= 0.6 is 11.6 Å². The fraction of sp³-hybridized carbons (Fsp3) is 0.300. The summed E-state index contributed by atoms with van der Waals surface area (Å²) in [5, 5.41) is 0.481. The average molecular weight is 196 g/mol. The Labute approximate surface area is 81.7 Å². The lowest BCUT2D eigenvalue weighted by molar-refractivity contribution is 0.0972. The first-order valence-corrected chi connectivity index (χ1v) is 4.67. The first-order valence-electron chi connectivity index (χ1n) is 4.29. The Morgan fingerprint density at radius 2 is 2.08 bits per heavy atom. The minimum absolute atomic E-state index is 0.183. The number of hydrogen-bond donors (Lipinski definition) is 1. The molecule has 2 rings (SSSR count). The van der Waals surface area contributed by atoms with Crippen LogP contribution in [0.2, 0.25) is 5.02 Å². The third kappa shape index (κ3) is 1.42. The highest BCUT2D eigenvalue weighted by atomic mass is 35.5. The van der Waals surface area contributed by atoms with Gasteiger partial charge < -0.3 is 5.73 Å². The Morgan fingerprint density at radius 3 is 2.85 bits per heavy atom. The zero-order valence-corrected chi connectivity index (χ0v) is 7.90. The van der Waals surface area contributed by atoms with Crippen molar-refractivity contribution in [1.29, 1.82) is 0 Å². The van der Waals surface area contributed by atoms with Gasteiger partial charge in [-0.15, -0.1) is 0 Å². The quantitative estimate of drug-likeness (QED) is 0.647. The van der Waals surface area contributed by atoms with Crippen LogP contribution in [0.4, 0.5) is 5.69 Å². The molecule has 0 unspecified atom stereocenters. The Bertz CT molecular complexity index is 373. The number of carbonyl (C=O) groups is 1. The molecule has 0 heterocycles. The number of carbonyl (C=O) groups excluding carboxylic acids is 1. The predicted octanol–water partition coefficient (Wildman–Crippen LogP) is 2.44. The molecular weight excluding hydrogens is 186 g/mol. The molecule has 1 aliphatic carbocycles.